The minimum atomic E-state index is -0.596. The predicted molar refractivity (Wildman–Crippen MR) is 136 cm³/mol. The average Bonchev–Trinajstić information content (AvgIpc) is 2.86. The predicted octanol–water partition coefficient (Wildman–Crippen LogP) is 6.15. The second kappa shape index (κ2) is 11.8. The number of halogens is 1. The fraction of sp³-hybridized carbons (Fsp3) is 0.172. The van der Waals surface area contributed by atoms with E-state index >= 15 is 4.39 Å². The van der Waals surface area contributed by atoms with Crippen LogP contribution in [0, 0.1) is 5.82 Å². The van der Waals surface area contributed by atoms with Crippen LogP contribution in [0.25, 0.3) is 22.3 Å². The lowest BCUT2D eigenvalue weighted by Gasteiger charge is -2.12. The van der Waals surface area contributed by atoms with Crippen LogP contribution in [0.4, 0.5) is 4.39 Å². The maximum atomic E-state index is 15.1. The van der Waals surface area contributed by atoms with E-state index in [4.69, 9.17) is 18.9 Å². The van der Waals surface area contributed by atoms with Crippen LogP contribution in [-0.4, -0.2) is 32.3 Å². The summed E-state index contributed by atoms with van der Waals surface area (Å²) in [5.41, 5.74) is 2.92. The van der Waals surface area contributed by atoms with E-state index in [-0.39, 0.29) is 24.5 Å². The molecule has 0 aliphatic carbocycles. The lowest BCUT2D eigenvalue weighted by atomic mass is 9.99. The van der Waals surface area contributed by atoms with Crippen molar-refractivity contribution in [3.8, 4) is 39.5 Å². The van der Waals surface area contributed by atoms with Gasteiger partial charge in [0.2, 0.25) is 0 Å². The fourth-order valence-corrected chi connectivity index (χ4v) is 3.20. The summed E-state index contributed by atoms with van der Waals surface area (Å²) in [4.78, 5) is 23.3. The molecular formula is C29H27FO6. The molecule has 0 atom stereocenters. The Morgan fingerprint density at radius 1 is 0.778 bits per heavy atom. The molecule has 0 aliphatic heterocycles. The maximum absolute atomic E-state index is 15.1. The molecule has 3 aromatic carbocycles. The van der Waals surface area contributed by atoms with Crippen molar-refractivity contribution >= 4 is 11.9 Å². The van der Waals surface area contributed by atoms with Gasteiger partial charge in [0.05, 0.1) is 7.11 Å². The fourth-order valence-electron chi connectivity index (χ4n) is 3.20. The Balaban J connectivity index is 1.73. The summed E-state index contributed by atoms with van der Waals surface area (Å²) in [5.74, 6) is -0.371. The SMILES string of the molecule is C=C(C)C(=O)OCCOc1ccc(-c2ccc(-c3ccc(OC)c(OC(=O)C(=C)C)c3)c(F)c2)cc1. The average molecular weight is 491 g/mol. The van der Waals surface area contributed by atoms with Gasteiger partial charge in [0.1, 0.15) is 24.8 Å². The van der Waals surface area contributed by atoms with E-state index < -0.39 is 17.8 Å². The van der Waals surface area contributed by atoms with Gasteiger partial charge in [-0.2, -0.15) is 0 Å². The molecule has 0 unspecified atom stereocenters. The van der Waals surface area contributed by atoms with Crippen molar-refractivity contribution in [2.75, 3.05) is 20.3 Å². The molecule has 0 heterocycles. The van der Waals surface area contributed by atoms with Crippen LogP contribution in [0.1, 0.15) is 13.8 Å². The minimum absolute atomic E-state index is 0.111. The summed E-state index contributed by atoms with van der Waals surface area (Å²) < 4.78 is 36.2. The van der Waals surface area contributed by atoms with E-state index in [0.29, 0.717) is 33.8 Å². The highest BCUT2D eigenvalue weighted by molar-refractivity contribution is 5.89. The molecule has 7 heteroatoms. The first-order chi connectivity index (χ1) is 17.2. The van der Waals surface area contributed by atoms with Gasteiger partial charge in [-0.15, -0.1) is 0 Å². The van der Waals surface area contributed by atoms with Crippen LogP contribution in [0.3, 0.4) is 0 Å². The smallest absolute Gasteiger partial charge is 0.338 e. The van der Waals surface area contributed by atoms with E-state index in [1.807, 2.05) is 12.1 Å². The monoisotopic (exact) mass is 490 g/mol. The Kier molecular flexibility index (Phi) is 8.62. The number of hydrogen-bond acceptors (Lipinski definition) is 6. The molecule has 0 aromatic heterocycles. The Bertz CT molecular complexity index is 1290. The third-order valence-electron chi connectivity index (χ3n) is 5.12. The molecular weight excluding hydrogens is 463 g/mol. The number of ether oxygens (including phenoxy) is 4. The van der Waals surface area contributed by atoms with Crippen LogP contribution in [0.5, 0.6) is 17.2 Å². The molecule has 0 radical (unpaired) electrons. The number of benzene rings is 3. The number of rotatable bonds is 10. The van der Waals surface area contributed by atoms with Gasteiger partial charge in [-0.3, -0.25) is 0 Å². The molecule has 0 saturated heterocycles. The Morgan fingerprint density at radius 3 is 2.03 bits per heavy atom. The second-order valence-corrected chi connectivity index (χ2v) is 8.02. The molecule has 0 fully saturated rings. The van der Waals surface area contributed by atoms with Gasteiger partial charge in [-0.25, -0.2) is 14.0 Å². The van der Waals surface area contributed by atoms with Crippen molar-refractivity contribution in [3.63, 3.8) is 0 Å². The maximum Gasteiger partial charge on any atom is 0.338 e. The zero-order valence-corrected chi connectivity index (χ0v) is 20.4. The third kappa shape index (κ3) is 6.60. The number of methoxy groups -OCH3 is 1. The molecule has 0 aliphatic rings. The zero-order valence-electron chi connectivity index (χ0n) is 20.4. The van der Waals surface area contributed by atoms with E-state index in [2.05, 4.69) is 13.2 Å². The molecule has 36 heavy (non-hydrogen) atoms. The highest BCUT2D eigenvalue weighted by Gasteiger charge is 2.15. The van der Waals surface area contributed by atoms with Crippen LogP contribution >= 0.6 is 0 Å². The molecule has 3 aromatic rings. The molecule has 0 spiro atoms. The number of esters is 2. The summed E-state index contributed by atoms with van der Waals surface area (Å²) in [5, 5.41) is 0. The van der Waals surface area contributed by atoms with Gasteiger partial charge < -0.3 is 18.9 Å². The number of carbonyl (C=O) groups is 2. The van der Waals surface area contributed by atoms with Crippen molar-refractivity contribution in [1.29, 1.82) is 0 Å². The summed E-state index contributed by atoms with van der Waals surface area (Å²) in [6, 6.07) is 16.9. The van der Waals surface area contributed by atoms with Crippen LogP contribution in [0.15, 0.2) is 85.0 Å². The van der Waals surface area contributed by atoms with Crippen LogP contribution in [0.2, 0.25) is 0 Å². The molecule has 6 nitrogen and oxygen atoms in total. The van der Waals surface area contributed by atoms with Gasteiger partial charge in [0, 0.05) is 16.7 Å². The highest BCUT2D eigenvalue weighted by Crippen LogP contribution is 2.35. The van der Waals surface area contributed by atoms with Crippen molar-refractivity contribution < 1.29 is 32.9 Å². The summed E-state index contributed by atoms with van der Waals surface area (Å²) in [7, 11) is 1.46. The van der Waals surface area contributed by atoms with Crippen molar-refractivity contribution in [1.82, 2.24) is 0 Å². The standard InChI is InChI=1S/C29H27FO6/c1-18(2)28(31)35-15-14-34-23-10-6-20(7-11-23)21-8-12-24(25(30)16-21)22-9-13-26(33-5)27(17-22)36-29(32)19(3)4/h6-13,16-17H,1,3,14-15H2,2,4-5H3. The molecule has 0 amide bonds. The van der Waals surface area contributed by atoms with E-state index in [1.165, 1.54) is 20.1 Å². The van der Waals surface area contributed by atoms with Crippen molar-refractivity contribution in [2.24, 2.45) is 0 Å². The van der Waals surface area contributed by atoms with Gasteiger partial charge in [0.25, 0.3) is 0 Å². The zero-order chi connectivity index (χ0) is 26.2. The number of carbonyl (C=O) groups excluding carboxylic acids is 2. The Labute approximate surface area is 209 Å². The second-order valence-electron chi connectivity index (χ2n) is 8.02. The Morgan fingerprint density at radius 2 is 1.42 bits per heavy atom. The molecule has 0 N–H and O–H groups in total. The normalized spacial score (nSPS) is 10.3. The lowest BCUT2D eigenvalue weighted by Crippen LogP contribution is -2.12. The van der Waals surface area contributed by atoms with E-state index in [1.54, 1.807) is 49.4 Å². The van der Waals surface area contributed by atoms with Crippen LogP contribution < -0.4 is 14.2 Å². The lowest BCUT2D eigenvalue weighted by molar-refractivity contribution is -0.139. The molecule has 0 bridgehead atoms. The molecule has 3 rings (SSSR count). The first-order valence-electron chi connectivity index (χ1n) is 11.1. The summed E-state index contributed by atoms with van der Waals surface area (Å²) in [6.07, 6.45) is 0. The first-order valence-corrected chi connectivity index (χ1v) is 11.1. The van der Waals surface area contributed by atoms with Gasteiger partial charge >= 0.3 is 11.9 Å². The highest BCUT2D eigenvalue weighted by atomic mass is 19.1. The Hall–Kier alpha value is -4.39. The van der Waals surface area contributed by atoms with Gasteiger partial charge in [-0.05, 0) is 60.9 Å². The van der Waals surface area contributed by atoms with Crippen molar-refractivity contribution in [2.45, 2.75) is 13.8 Å². The summed E-state index contributed by atoms with van der Waals surface area (Å²) in [6.45, 7) is 10.5. The first kappa shape index (κ1) is 26.2. The summed E-state index contributed by atoms with van der Waals surface area (Å²) >= 11 is 0. The number of hydrogen-bond donors (Lipinski definition) is 0. The third-order valence-corrected chi connectivity index (χ3v) is 5.12. The van der Waals surface area contributed by atoms with Crippen LogP contribution in [-0.2, 0) is 14.3 Å². The topological polar surface area (TPSA) is 71.1 Å². The van der Waals surface area contributed by atoms with Gasteiger partial charge in [0.15, 0.2) is 11.5 Å². The van der Waals surface area contributed by atoms with E-state index in [9.17, 15) is 9.59 Å². The van der Waals surface area contributed by atoms with E-state index in [0.717, 1.165) is 5.56 Å². The molecule has 186 valence electrons. The quantitative estimate of drug-likeness (QED) is 0.147. The van der Waals surface area contributed by atoms with Crippen molar-refractivity contribution in [3.05, 3.63) is 90.8 Å². The minimum Gasteiger partial charge on any atom is -0.493 e. The molecule has 0 saturated carbocycles. The largest absolute Gasteiger partial charge is 0.493 e. The van der Waals surface area contributed by atoms with Gasteiger partial charge in [-0.1, -0.05) is 43.5 Å².